The van der Waals surface area contributed by atoms with Gasteiger partial charge >= 0.3 is 0 Å². The molecule has 0 atom stereocenters. The van der Waals surface area contributed by atoms with E-state index in [9.17, 15) is 4.79 Å². The Labute approximate surface area is 190 Å². The van der Waals surface area contributed by atoms with Crippen molar-refractivity contribution in [2.75, 3.05) is 7.11 Å². The Bertz CT molecular complexity index is 1290. The van der Waals surface area contributed by atoms with E-state index in [1.165, 1.54) is 23.5 Å². The van der Waals surface area contributed by atoms with Crippen molar-refractivity contribution in [1.82, 2.24) is 10.3 Å². The standard InChI is InChI=1S/C22H15N3O3S3/c1-27-14-8-6-13(7-9-14)23-21-25-20(26)18(29-21)12-15-10-11-19(28-15)31-22-24-16-4-2-3-5-17(16)30-22/h2-12H,1H3,(H,23,25,26)/b18-12-. The Morgan fingerprint density at radius 3 is 2.77 bits per heavy atom. The molecule has 31 heavy (non-hydrogen) atoms. The maximum atomic E-state index is 12.3. The van der Waals surface area contributed by atoms with Gasteiger partial charge in [0.05, 0.1) is 27.9 Å². The molecule has 154 valence electrons. The molecular weight excluding hydrogens is 450 g/mol. The number of amidine groups is 1. The zero-order chi connectivity index (χ0) is 21.2. The number of rotatable bonds is 5. The number of benzene rings is 2. The zero-order valence-corrected chi connectivity index (χ0v) is 18.6. The average molecular weight is 466 g/mol. The molecule has 0 unspecified atom stereocenters. The molecule has 1 amide bonds. The molecule has 1 N–H and O–H groups in total. The van der Waals surface area contributed by atoms with Crippen LogP contribution in [0.4, 0.5) is 5.69 Å². The lowest BCUT2D eigenvalue weighted by Crippen LogP contribution is -2.19. The third kappa shape index (κ3) is 4.53. The van der Waals surface area contributed by atoms with Gasteiger partial charge in [0.25, 0.3) is 5.91 Å². The van der Waals surface area contributed by atoms with Crippen molar-refractivity contribution in [1.29, 1.82) is 0 Å². The molecule has 1 saturated heterocycles. The normalized spacial score (nSPS) is 16.4. The Morgan fingerprint density at radius 1 is 1.13 bits per heavy atom. The third-order valence-electron chi connectivity index (χ3n) is 4.29. The maximum Gasteiger partial charge on any atom is 0.264 e. The van der Waals surface area contributed by atoms with Crippen LogP contribution in [0, 0.1) is 0 Å². The van der Waals surface area contributed by atoms with Crippen molar-refractivity contribution in [3.63, 3.8) is 0 Å². The third-order valence-corrected chi connectivity index (χ3v) is 7.22. The fourth-order valence-electron chi connectivity index (χ4n) is 2.83. The number of nitrogens with one attached hydrogen (secondary N) is 1. The second-order valence-electron chi connectivity index (χ2n) is 6.39. The summed E-state index contributed by atoms with van der Waals surface area (Å²) < 4.78 is 13.1. The first-order chi connectivity index (χ1) is 15.2. The van der Waals surface area contributed by atoms with Crippen molar-refractivity contribution in [3.8, 4) is 5.75 Å². The molecular formula is C22H15N3O3S3. The topological polar surface area (TPSA) is 76.7 Å². The second-order valence-corrected chi connectivity index (χ2v) is 9.70. The van der Waals surface area contributed by atoms with Gasteiger partial charge in [-0.2, -0.15) is 0 Å². The van der Waals surface area contributed by atoms with Crippen LogP contribution in [-0.4, -0.2) is 23.2 Å². The van der Waals surface area contributed by atoms with E-state index in [1.54, 1.807) is 24.5 Å². The summed E-state index contributed by atoms with van der Waals surface area (Å²) in [5.41, 5.74) is 1.71. The van der Waals surface area contributed by atoms with Crippen LogP contribution in [-0.2, 0) is 4.79 Å². The quantitative estimate of drug-likeness (QED) is 0.368. The molecule has 9 heteroatoms. The van der Waals surface area contributed by atoms with Gasteiger partial charge in [-0.25, -0.2) is 9.98 Å². The van der Waals surface area contributed by atoms with Crippen LogP contribution in [0.5, 0.6) is 5.75 Å². The summed E-state index contributed by atoms with van der Waals surface area (Å²) in [6.45, 7) is 0. The van der Waals surface area contributed by atoms with Crippen LogP contribution in [0.15, 0.2) is 84.4 Å². The van der Waals surface area contributed by atoms with Gasteiger partial charge in [0.1, 0.15) is 11.5 Å². The van der Waals surface area contributed by atoms with Gasteiger partial charge in [0.2, 0.25) is 0 Å². The number of hydrogen-bond donors (Lipinski definition) is 1. The van der Waals surface area contributed by atoms with Crippen molar-refractivity contribution >= 4 is 67.9 Å². The molecule has 5 rings (SSSR count). The monoisotopic (exact) mass is 465 g/mol. The summed E-state index contributed by atoms with van der Waals surface area (Å²) in [5, 5.41) is 4.03. The van der Waals surface area contributed by atoms with E-state index in [2.05, 4.69) is 21.4 Å². The molecule has 2 aromatic heterocycles. The van der Waals surface area contributed by atoms with Crippen molar-refractivity contribution < 1.29 is 13.9 Å². The summed E-state index contributed by atoms with van der Waals surface area (Å²) >= 11 is 4.37. The van der Waals surface area contributed by atoms with Gasteiger partial charge in [-0.1, -0.05) is 12.1 Å². The first-order valence-corrected chi connectivity index (χ1v) is 11.7. The highest BCUT2D eigenvalue weighted by Gasteiger charge is 2.24. The molecule has 0 aliphatic carbocycles. The van der Waals surface area contributed by atoms with Crippen LogP contribution in [0.2, 0.25) is 0 Å². The van der Waals surface area contributed by atoms with Gasteiger partial charge in [0, 0.05) is 6.08 Å². The molecule has 0 radical (unpaired) electrons. The number of ether oxygens (including phenoxy) is 1. The fraction of sp³-hybridized carbons (Fsp3) is 0.0455. The lowest BCUT2D eigenvalue weighted by molar-refractivity contribution is -0.115. The number of methoxy groups -OCH3 is 1. The van der Waals surface area contributed by atoms with E-state index in [-0.39, 0.29) is 5.91 Å². The minimum absolute atomic E-state index is 0.200. The summed E-state index contributed by atoms with van der Waals surface area (Å²) in [6.07, 6.45) is 1.72. The highest BCUT2D eigenvalue weighted by atomic mass is 32.2. The number of amides is 1. The van der Waals surface area contributed by atoms with Crippen molar-refractivity contribution in [2.24, 2.45) is 4.99 Å². The number of furan rings is 1. The lowest BCUT2D eigenvalue weighted by Gasteiger charge is -1.99. The molecule has 2 aromatic carbocycles. The first kappa shape index (κ1) is 19.9. The van der Waals surface area contributed by atoms with E-state index in [4.69, 9.17) is 9.15 Å². The van der Waals surface area contributed by atoms with E-state index in [1.807, 2.05) is 54.6 Å². The van der Waals surface area contributed by atoms with Gasteiger partial charge in [-0.15, -0.1) is 11.3 Å². The number of hydrogen-bond acceptors (Lipinski definition) is 8. The summed E-state index contributed by atoms with van der Waals surface area (Å²) in [7, 11) is 1.61. The number of thioether (sulfide) groups is 1. The van der Waals surface area contributed by atoms with E-state index in [0.29, 0.717) is 15.8 Å². The predicted octanol–water partition coefficient (Wildman–Crippen LogP) is 5.94. The molecule has 1 aliphatic heterocycles. The van der Waals surface area contributed by atoms with Crippen molar-refractivity contribution in [2.45, 2.75) is 9.43 Å². The highest BCUT2D eigenvalue weighted by Crippen LogP contribution is 2.36. The zero-order valence-electron chi connectivity index (χ0n) is 16.2. The molecule has 1 aliphatic rings. The Morgan fingerprint density at radius 2 is 1.97 bits per heavy atom. The molecule has 3 heterocycles. The Hall–Kier alpha value is -3.01. The number of para-hydroxylation sites is 1. The van der Waals surface area contributed by atoms with Gasteiger partial charge in [-0.3, -0.25) is 4.79 Å². The maximum absolute atomic E-state index is 12.3. The number of aromatic nitrogens is 1. The number of thiazole rings is 1. The van der Waals surface area contributed by atoms with Crippen molar-refractivity contribution in [3.05, 3.63) is 71.3 Å². The van der Waals surface area contributed by atoms with E-state index < -0.39 is 0 Å². The molecule has 1 fully saturated rings. The van der Waals surface area contributed by atoms with E-state index in [0.717, 1.165) is 31.1 Å². The number of aliphatic imine (C=N–C) groups is 1. The average Bonchev–Trinajstić information content (AvgIpc) is 3.48. The smallest absolute Gasteiger partial charge is 0.264 e. The largest absolute Gasteiger partial charge is 0.497 e. The van der Waals surface area contributed by atoms with Gasteiger partial charge < -0.3 is 14.5 Å². The van der Waals surface area contributed by atoms with Crippen LogP contribution in [0.25, 0.3) is 16.3 Å². The minimum Gasteiger partial charge on any atom is -0.497 e. The highest BCUT2D eigenvalue weighted by molar-refractivity contribution is 8.18. The Balaban J connectivity index is 1.29. The summed E-state index contributed by atoms with van der Waals surface area (Å²) in [5.74, 6) is 1.16. The van der Waals surface area contributed by atoms with Crippen LogP contribution < -0.4 is 10.1 Å². The van der Waals surface area contributed by atoms with E-state index >= 15 is 0 Å². The molecule has 0 bridgehead atoms. The van der Waals surface area contributed by atoms with Crippen LogP contribution in [0.3, 0.4) is 0 Å². The molecule has 0 spiro atoms. The van der Waals surface area contributed by atoms with Crippen LogP contribution >= 0.6 is 34.9 Å². The number of carbonyl (C=O) groups is 1. The molecule has 6 nitrogen and oxygen atoms in total. The summed E-state index contributed by atoms with van der Waals surface area (Å²) in [4.78, 5) is 21.9. The second kappa shape index (κ2) is 8.62. The number of carbonyl (C=O) groups excluding carboxylic acids is 1. The van der Waals surface area contributed by atoms with Gasteiger partial charge in [0.15, 0.2) is 14.6 Å². The molecule has 0 saturated carbocycles. The predicted molar refractivity (Wildman–Crippen MR) is 126 cm³/mol. The summed E-state index contributed by atoms with van der Waals surface area (Å²) in [6, 6.07) is 19.1. The minimum atomic E-state index is -0.200. The lowest BCUT2D eigenvalue weighted by atomic mass is 10.3. The number of fused-ring (bicyclic) bond motifs is 1. The van der Waals surface area contributed by atoms with Gasteiger partial charge in [-0.05, 0) is 72.1 Å². The van der Waals surface area contributed by atoms with Crippen LogP contribution in [0.1, 0.15) is 5.76 Å². The Kier molecular flexibility index (Phi) is 5.54. The first-order valence-electron chi connectivity index (χ1n) is 9.23. The number of nitrogens with zero attached hydrogens (tertiary/aromatic N) is 2. The fourth-order valence-corrected chi connectivity index (χ4v) is 5.62. The SMILES string of the molecule is COc1ccc(N=C2NC(=O)/C(=C/c3ccc(Sc4nc5ccccc5s4)o3)S2)cc1. The molecule has 4 aromatic rings.